The van der Waals surface area contributed by atoms with Crippen molar-refractivity contribution in [2.75, 3.05) is 12.3 Å². The van der Waals surface area contributed by atoms with E-state index in [1.807, 2.05) is 13.8 Å². The molecule has 0 saturated heterocycles. The van der Waals surface area contributed by atoms with E-state index in [1.165, 1.54) is 17.4 Å². The third kappa shape index (κ3) is 2.39. The lowest BCUT2D eigenvalue weighted by atomic mass is 10.1. The number of ether oxygens (including phenoxy) is 1. The summed E-state index contributed by atoms with van der Waals surface area (Å²) >= 11 is 1.40. The highest BCUT2D eigenvalue weighted by molar-refractivity contribution is 7.16. The summed E-state index contributed by atoms with van der Waals surface area (Å²) in [4.78, 5) is 4.28. The predicted octanol–water partition coefficient (Wildman–Crippen LogP) is 3.24. The van der Waals surface area contributed by atoms with E-state index in [4.69, 9.17) is 10.5 Å². The fraction of sp³-hybridized carbons (Fsp3) is 0.250. The number of nitrogen functional groups attached to an aromatic ring is 1. The molecule has 0 aliphatic carbocycles. The molecule has 17 heavy (non-hydrogen) atoms. The van der Waals surface area contributed by atoms with E-state index >= 15 is 0 Å². The van der Waals surface area contributed by atoms with Crippen LogP contribution in [0.25, 0.3) is 11.3 Å². The van der Waals surface area contributed by atoms with Gasteiger partial charge < -0.3 is 10.5 Å². The number of rotatable bonds is 3. The molecule has 90 valence electrons. The van der Waals surface area contributed by atoms with Crippen LogP contribution in [-0.2, 0) is 0 Å². The molecule has 0 radical (unpaired) electrons. The van der Waals surface area contributed by atoms with Gasteiger partial charge >= 0.3 is 0 Å². The van der Waals surface area contributed by atoms with Gasteiger partial charge in [-0.3, -0.25) is 0 Å². The molecule has 0 aliphatic rings. The molecule has 0 unspecified atom stereocenters. The van der Waals surface area contributed by atoms with Crippen molar-refractivity contribution in [2.45, 2.75) is 13.8 Å². The normalized spacial score (nSPS) is 10.5. The molecule has 0 fully saturated rings. The molecule has 1 heterocycles. The van der Waals surface area contributed by atoms with Gasteiger partial charge in [-0.1, -0.05) is 0 Å². The van der Waals surface area contributed by atoms with Gasteiger partial charge in [0, 0.05) is 5.56 Å². The minimum Gasteiger partial charge on any atom is -0.491 e. The van der Waals surface area contributed by atoms with Crippen LogP contribution in [0.5, 0.6) is 5.75 Å². The van der Waals surface area contributed by atoms with Crippen molar-refractivity contribution in [2.24, 2.45) is 0 Å². The van der Waals surface area contributed by atoms with Crippen LogP contribution in [0, 0.1) is 12.7 Å². The number of anilines is 1. The van der Waals surface area contributed by atoms with Gasteiger partial charge in [0.05, 0.1) is 11.6 Å². The average Bonchev–Trinajstić information content (AvgIpc) is 2.61. The first-order valence-electron chi connectivity index (χ1n) is 5.27. The number of hydrogen-bond acceptors (Lipinski definition) is 4. The Balaban J connectivity index is 2.41. The van der Waals surface area contributed by atoms with E-state index < -0.39 is 5.82 Å². The van der Waals surface area contributed by atoms with Crippen molar-refractivity contribution in [1.29, 1.82) is 0 Å². The lowest BCUT2D eigenvalue weighted by Gasteiger charge is -2.05. The molecule has 2 rings (SSSR count). The second-order valence-electron chi connectivity index (χ2n) is 3.52. The molecule has 0 spiro atoms. The van der Waals surface area contributed by atoms with E-state index in [2.05, 4.69) is 4.98 Å². The predicted molar refractivity (Wildman–Crippen MR) is 67.8 cm³/mol. The van der Waals surface area contributed by atoms with Crippen LogP contribution in [-0.4, -0.2) is 11.6 Å². The monoisotopic (exact) mass is 252 g/mol. The molecular formula is C12H13FN2OS. The Hall–Kier alpha value is -1.62. The van der Waals surface area contributed by atoms with Gasteiger partial charge in [-0.25, -0.2) is 9.37 Å². The Morgan fingerprint density at radius 2 is 2.24 bits per heavy atom. The lowest BCUT2D eigenvalue weighted by Crippen LogP contribution is -1.95. The fourth-order valence-electron chi connectivity index (χ4n) is 1.57. The zero-order valence-electron chi connectivity index (χ0n) is 9.66. The lowest BCUT2D eigenvalue weighted by molar-refractivity contribution is 0.321. The van der Waals surface area contributed by atoms with Crippen LogP contribution >= 0.6 is 11.3 Å². The summed E-state index contributed by atoms with van der Waals surface area (Å²) in [5, 5.41) is 1.47. The number of benzene rings is 1. The van der Waals surface area contributed by atoms with Gasteiger partial charge in [0.15, 0.2) is 11.6 Å². The zero-order valence-corrected chi connectivity index (χ0v) is 10.5. The molecule has 1 aromatic heterocycles. The van der Waals surface area contributed by atoms with Crippen molar-refractivity contribution in [1.82, 2.24) is 4.98 Å². The molecule has 0 amide bonds. The van der Waals surface area contributed by atoms with E-state index in [1.54, 1.807) is 12.1 Å². The van der Waals surface area contributed by atoms with Gasteiger partial charge in [0.25, 0.3) is 0 Å². The maximum absolute atomic E-state index is 13.7. The number of halogens is 1. The van der Waals surface area contributed by atoms with Gasteiger partial charge in [-0.2, -0.15) is 0 Å². The first-order chi connectivity index (χ1) is 8.11. The average molecular weight is 252 g/mol. The molecule has 2 aromatic rings. The fourth-order valence-corrected chi connectivity index (χ4v) is 2.29. The minimum absolute atomic E-state index is 0.252. The van der Waals surface area contributed by atoms with Crippen LogP contribution in [0.3, 0.4) is 0 Å². The number of thiazole rings is 1. The molecule has 1 aromatic carbocycles. The zero-order chi connectivity index (χ0) is 12.4. The first-order valence-corrected chi connectivity index (χ1v) is 6.09. The smallest absolute Gasteiger partial charge is 0.165 e. The molecule has 3 nitrogen and oxygen atoms in total. The first kappa shape index (κ1) is 11.9. The molecule has 0 aliphatic heterocycles. The molecular weight excluding hydrogens is 239 g/mol. The minimum atomic E-state index is -0.394. The number of nitrogens with zero attached hydrogens (tertiary/aromatic N) is 1. The highest BCUT2D eigenvalue weighted by atomic mass is 32.1. The topological polar surface area (TPSA) is 48.1 Å². The van der Waals surface area contributed by atoms with E-state index in [9.17, 15) is 4.39 Å². The SMILES string of the molecule is CCOc1ccc(-c2nc(C)sc2N)cc1F. The van der Waals surface area contributed by atoms with Crippen LogP contribution < -0.4 is 10.5 Å². The quantitative estimate of drug-likeness (QED) is 0.912. The van der Waals surface area contributed by atoms with E-state index in [0.717, 1.165) is 5.01 Å². The number of aryl methyl sites for hydroxylation is 1. The van der Waals surface area contributed by atoms with Crippen LogP contribution in [0.4, 0.5) is 9.39 Å². The summed E-state index contributed by atoms with van der Waals surface area (Å²) in [7, 11) is 0. The maximum atomic E-state index is 13.7. The number of aromatic nitrogens is 1. The standard InChI is InChI=1S/C12H13FN2OS/c1-3-16-10-5-4-8(6-9(10)13)11-12(14)17-7(2)15-11/h4-6H,3,14H2,1-2H3. The van der Waals surface area contributed by atoms with Crippen molar-refractivity contribution < 1.29 is 9.13 Å². The maximum Gasteiger partial charge on any atom is 0.165 e. The van der Waals surface area contributed by atoms with Crippen molar-refractivity contribution >= 4 is 16.3 Å². The third-order valence-electron chi connectivity index (χ3n) is 2.27. The second kappa shape index (κ2) is 4.71. The van der Waals surface area contributed by atoms with Crippen LogP contribution in [0.15, 0.2) is 18.2 Å². The molecule has 0 saturated carbocycles. The third-order valence-corrected chi connectivity index (χ3v) is 3.07. The summed E-state index contributed by atoms with van der Waals surface area (Å²) in [5.41, 5.74) is 7.13. The Morgan fingerprint density at radius 1 is 1.47 bits per heavy atom. The summed E-state index contributed by atoms with van der Waals surface area (Å²) in [6.07, 6.45) is 0. The highest BCUT2D eigenvalue weighted by Crippen LogP contribution is 2.32. The van der Waals surface area contributed by atoms with E-state index in [0.29, 0.717) is 22.9 Å². The van der Waals surface area contributed by atoms with Gasteiger partial charge in [-0.15, -0.1) is 11.3 Å². The molecule has 0 atom stereocenters. The molecule has 5 heteroatoms. The Kier molecular flexibility index (Phi) is 3.28. The number of hydrogen-bond donors (Lipinski definition) is 1. The number of nitrogens with two attached hydrogens (primary N) is 1. The summed E-state index contributed by atoms with van der Waals surface area (Å²) in [5.74, 6) is -0.142. The highest BCUT2D eigenvalue weighted by Gasteiger charge is 2.11. The van der Waals surface area contributed by atoms with Gasteiger partial charge in [0.2, 0.25) is 0 Å². The molecule has 2 N–H and O–H groups in total. The Labute approximate surface area is 103 Å². The van der Waals surface area contributed by atoms with E-state index in [-0.39, 0.29) is 5.75 Å². The second-order valence-corrected chi connectivity index (χ2v) is 4.76. The largest absolute Gasteiger partial charge is 0.491 e. The van der Waals surface area contributed by atoms with Gasteiger partial charge in [-0.05, 0) is 32.0 Å². The summed E-state index contributed by atoms with van der Waals surface area (Å²) in [6.45, 7) is 4.12. The Bertz CT molecular complexity index is 539. The summed E-state index contributed by atoms with van der Waals surface area (Å²) < 4.78 is 18.8. The van der Waals surface area contributed by atoms with Gasteiger partial charge in [0.1, 0.15) is 10.7 Å². The van der Waals surface area contributed by atoms with Crippen molar-refractivity contribution in [3.8, 4) is 17.0 Å². The Morgan fingerprint density at radius 3 is 2.76 bits per heavy atom. The molecule has 0 bridgehead atoms. The summed E-state index contributed by atoms with van der Waals surface area (Å²) in [6, 6.07) is 4.76. The van der Waals surface area contributed by atoms with Crippen LogP contribution in [0.1, 0.15) is 11.9 Å². The van der Waals surface area contributed by atoms with Crippen molar-refractivity contribution in [3.63, 3.8) is 0 Å². The van der Waals surface area contributed by atoms with Crippen LogP contribution in [0.2, 0.25) is 0 Å². The van der Waals surface area contributed by atoms with Crippen molar-refractivity contribution in [3.05, 3.63) is 29.0 Å².